The zero-order valence-corrected chi connectivity index (χ0v) is 10.6. The van der Waals surface area contributed by atoms with Gasteiger partial charge in [-0.15, -0.1) is 0 Å². The van der Waals surface area contributed by atoms with Gasteiger partial charge < -0.3 is 0 Å². The van der Waals surface area contributed by atoms with Crippen LogP contribution in [0.3, 0.4) is 0 Å². The molecule has 90 valence electrons. The van der Waals surface area contributed by atoms with Gasteiger partial charge in [0.1, 0.15) is 0 Å². The molecule has 0 amide bonds. The van der Waals surface area contributed by atoms with Crippen molar-refractivity contribution in [1.29, 1.82) is 0 Å². The molecule has 18 heavy (non-hydrogen) atoms. The summed E-state index contributed by atoms with van der Waals surface area (Å²) in [5.74, 6) is 0. The fraction of sp³-hybridized carbons (Fsp3) is 0.176. The molecule has 0 aromatic heterocycles. The molecule has 0 fully saturated rings. The van der Waals surface area contributed by atoms with Gasteiger partial charge in [-0.05, 0) is 29.3 Å². The van der Waals surface area contributed by atoms with Gasteiger partial charge >= 0.3 is 0 Å². The van der Waals surface area contributed by atoms with Crippen LogP contribution >= 0.6 is 0 Å². The van der Waals surface area contributed by atoms with E-state index < -0.39 is 0 Å². The van der Waals surface area contributed by atoms with Crippen molar-refractivity contribution in [1.82, 2.24) is 4.90 Å². The van der Waals surface area contributed by atoms with E-state index in [0.717, 1.165) is 13.1 Å². The van der Waals surface area contributed by atoms with E-state index in [4.69, 9.17) is 0 Å². The molecule has 0 unspecified atom stereocenters. The lowest BCUT2D eigenvalue weighted by molar-refractivity contribution is 0.366. The molecule has 1 heteroatoms. The maximum atomic E-state index is 2.34. The molecule has 2 aromatic rings. The van der Waals surface area contributed by atoms with Crippen LogP contribution < -0.4 is 0 Å². The number of benzene rings is 2. The van der Waals surface area contributed by atoms with Gasteiger partial charge in [0.15, 0.2) is 0 Å². The molecule has 0 N–H and O–H groups in total. The second kappa shape index (κ2) is 4.79. The Bertz CT molecular complexity index is 569. The summed E-state index contributed by atoms with van der Waals surface area (Å²) in [6.45, 7) is 2.02. The number of fused-ring (bicyclic) bond motifs is 1. The average Bonchev–Trinajstić information content (AvgIpc) is 2.58. The van der Waals surface area contributed by atoms with Crippen LogP contribution in [0.4, 0.5) is 0 Å². The van der Waals surface area contributed by atoms with E-state index in [9.17, 15) is 0 Å². The minimum absolute atomic E-state index is 0.999. The van der Waals surface area contributed by atoms with Crippen LogP contribution in [0, 0.1) is 0 Å². The molecule has 0 spiro atoms. The van der Waals surface area contributed by atoms with Crippen molar-refractivity contribution in [2.45, 2.75) is 6.54 Å². The Kier molecular flexibility index (Phi) is 2.99. The molecule has 1 heterocycles. The van der Waals surface area contributed by atoms with E-state index in [1.54, 1.807) is 0 Å². The summed E-state index contributed by atoms with van der Waals surface area (Å²) in [5.41, 5.74) is 5.44. The lowest BCUT2D eigenvalue weighted by atomic mass is 9.94. The van der Waals surface area contributed by atoms with Crippen molar-refractivity contribution in [3.05, 3.63) is 77.4 Å². The lowest BCUT2D eigenvalue weighted by Gasteiger charge is -2.13. The Balaban J connectivity index is 2.14. The van der Waals surface area contributed by atoms with Gasteiger partial charge in [0.2, 0.25) is 0 Å². The Labute approximate surface area is 108 Å². The predicted molar refractivity (Wildman–Crippen MR) is 76.3 cm³/mol. The molecule has 0 saturated heterocycles. The van der Waals surface area contributed by atoms with Crippen LogP contribution in [-0.2, 0) is 6.54 Å². The molecule has 1 aliphatic heterocycles. The maximum absolute atomic E-state index is 2.34. The van der Waals surface area contributed by atoms with Crippen LogP contribution in [-0.4, -0.2) is 18.5 Å². The Morgan fingerprint density at radius 1 is 0.889 bits per heavy atom. The van der Waals surface area contributed by atoms with E-state index in [0.29, 0.717) is 0 Å². The smallest absolute Gasteiger partial charge is 0.0240 e. The van der Waals surface area contributed by atoms with Crippen molar-refractivity contribution in [2.24, 2.45) is 0 Å². The first-order chi connectivity index (χ1) is 8.84. The van der Waals surface area contributed by atoms with Crippen LogP contribution in [0.1, 0.15) is 16.7 Å². The standard InChI is InChI=1S/C17H17N/c1-18-12-11-17(14-7-3-2-4-8-14)16-10-6-5-9-15(16)13-18/h2-11H,12-13H2,1H3. The van der Waals surface area contributed by atoms with E-state index >= 15 is 0 Å². The van der Waals surface area contributed by atoms with E-state index in [1.807, 2.05) is 0 Å². The molecule has 3 rings (SSSR count). The largest absolute Gasteiger partial charge is 0.298 e. The summed E-state index contributed by atoms with van der Waals surface area (Å²) < 4.78 is 0. The summed E-state index contributed by atoms with van der Waals surface area (Å²) in [6, 6.07) is 19.4. The van der Waals surface area contributed by atoms with Crippen molar-refractivity contribution >= 4 is 5.57 Å². The third-order valence-corrected chi connectivity index (χ3v) is 3.44. The predicted octanol–water partition coefficient (Wildman–Crippen LogP) is 3.56. The molecule has 0 bridgehead atoms. The highest BCUT2D eigenvalue weighted by atomic mass is 15.1. The molecule has 0 radical (unpaired) electrons. The molecule has 1 nitrogen and oxygen atoms in total. The topological polar surface area (TPSA) is 3.24 Å². The number of hydrogen-bond donors (Lipinski definition) is 0. The summed E-state index contributed by atoms with van der Waals surface area (Å²) >= 11 is 0. The van der Waals surface area contributed by atoms with Crippen molar-refractivity contribution in [3.63, 3.8) is 0 Å². The lowest BCUT2D eigenvalue weighted by Crippen LogP contribution is -2.16. The zero-order chi connectivity index (χ0) is 12.4. The van der Waals surface area contributed by atoms with Gasteiger partial charge in [0, 0.05) is 13.1 Å². The first kappa shape index (κ1) is 11.2. The van der Waals surface area contributed by atoms with Gasteiger partial charge in [0.25, 0.3) is 0 Å². The fourth-order valence-electron chi connectivity index (χ4n) is 2.52. The Hall–Kier alpha value is -1.86. The highest BCUT2D eigenvalue weighted by Gasteiger charge is 2.14. The number of hydrogen-bond acceptors (Lipinski definition) is 1. The third kappa shape index (κ3) is 2.09. The molecule has 0 atom stereocenters. The highest BCUT2D eigenvalue weighted by molar-refractivity contribution is 5.81. The van der Waals surface area contributed by atoms with Gasteiger partial charge in [-0.3, -0.25) is 4.90 Å². The van der Waals surface area contributed by atoms with Gasteiger partial charge in [-0.2, -0.15) is 0 Å². The molecular formula is C17H17N. The molecule has 1 aliphatic rings. The van der Waals surface area contributed by atoms with Gasteiger partial charge in [0.05, 0.1) is 0 Å². The molecule has 0 aliphatic carbocycles. The van der Waals surface area contributed by atoms with Crippen LogP contribution in [0.2, 0.25) is 0 Å². The Morgan fingerprint density at radius 3 is 2.44 bits per heavy atom. The molecule has 2 aromatic carbocycles. The second-order valence-corrected chi connectivity index (χ2v) is 4.84. The van der Waals surface area contributed by atoms with Crippen LogP contribution in [0.25, 0.3) is 5.57 Å². The van der Waals surface area contributed by atoms with Crippen LogP contribution in [0.15, 0.2) is 60.7 Å². The SMILES string of the molecule is CN1CC=C(c2ccccc2)c2ccccc2C1. The quantitative estimate of drug-likeness (QED) is 0.730. The summed E-state index contributed by atoms with van der Waals surface area (Å²) in [6.07, 6.45) is 2.33. The van der Waals surface area contributed by atoms with Crippen molar-refractivity contribution < 1.29 is 0 Å². The van der Waals surface area contributed by atoms with Crippen molar-refractivity contribution in [3.8, 4) is 0 Å². The van der Waals surface area contributed by atoms with E-state index in [1.165, 1.54) is 22.3 Å². The summed E-state index contributed by atoms with van der Waals surface area (Å²) in [4.78, 5) is 2.34. The zero-order valence-electron chi connectivity index (χ0n) is 10.6. The molecular weight excluding hydrogens is 218 g/mol. The number of likely N-dealkylation sites (N-methyl/N-ethyl adjacent to an activating group) is 1. The number of rotatable bonds is 1. The number of nitrogens with zero attached hydrogens (tertiary/aromatic N) is 1. The van der Waals surface area contributed by atoms with Crippen LogP contribution in [0.5, 0.6) is 0 Å². The first-order valence-electron chi connectivity index (χ1n) is 6.37. The fourth-order valence-corrected chi connectivity index (χ4v) is 2.52. The highest BCUT2D eigenvalue weighted by Crippen LogP contribution is 2.28. The minimum Gasteiger partial charge on any atom is -0.298 e. The normalized spacial score (nSPS) is 15.7. The monoisotopic (exact) mass is 235 g/mol. The second-order valence-electron chi connectivity index (χ2n) is 4.84. The van der Waals surface area contributed by atoms with E-state index in [-0.39, 0.29) is 0 Å². The van der Waals surface area contributed by atoms with Crippen molar-refractivity contribution in [2.75, 3.05) is 13.6 Å². The van der Waals surface area contributed by atoms with Gasteiger partial charge in [-0.25, -0.2) is 0 Å². The minimum atomic E-state index is 0.999. The summed E-state index contributed by atoms with van der Waals surface area (Å²) in [7, 11) is 2.17. The van der Waals surface area contributed by atoms with Gasteiger partial charge in [-0.1, -0.05) is 60.7 Å². The third-order valence-electron chi connectivity index (χ3n) is 3.44. The molecule has 0 saturated carbocycles. The van der Waals surface area contributed by atoms with E-state index in [2.05, 4.69) is 72.6 Å². The first-order valence-corrected chi connectivity index (χ1v) is 6.37. The Morgan fingerprint density at radius 2 is 1.61 bits per heavy atom. The average molecular weight is 235 g/mol. The maximum Gasteiger partial charge on any atom is 0.0240 e. The summed E-state index contributed by atoms with van der Waals surface area (Å²) in [5, 5.41) is 0.